The van der Waals surface area contributed by atoms with Crippen LogP contribution in [0.15, 0.2) is 35.0 Å². The van der Waals surface area contributed by atoms with E-state index in [1.807, 2.05) is 22.7 Å². The normalized spacial score (nSPS) is 10.0. The molecule has 0 saturated carbocycles. The molecule has 2 aromatic rings. The molecule has 88 valence electrons. The molecule has 1 N–H and O–H groups in total. The third-order valence-electron chi connectivity index (χ3n) is 2.26. The maximum absolute atomic E-state index is 3.48. The van der Waals surface area contributed by atoms with Crippen molar-refractivity contribution in [3.63, 3.8) is 0 Å². The molecule has 0 amide bonds. The van der Waals surface area contributed by atoms with E-state index in [0.29, 0.717) is 0 Å². The minimum absolute atomic E-state index is 0. The Morgan fingerprint density at radius 1 is 0.875 bits per heavy atom. The van der Waals surface area contributed by atoms with E-state index in [1.165, 1.54) is 9.75 Å². The summed E-state index contributed by atoms with van der Waals surface area (Å²) in [5.41, 5.74) is 0. The molecule has 16 heavy (non-hydrogen) atoms. The van der Waals surface area contributed by atoms with Crippen LogP contribution in [-0.4, -0.2) is 13.1 Å². The van der Waals surface area contributed by atoms with Gasteiger partial charge in [0, 0.05) is 9.75 Å². The number of halogens is 1. The topological polar surface area (TPSA) is 12.0 Å². The molecular formula is C12H16ClNS2. The van der Waals surface area contributed by atoms with Crippen molar-refractivity contribution >= 4 is 35.1 Å². The largest absolute Gasteiger partial charge is 0.316 e. The molecule has 4 heteroatoms. The minimum atomic E-state index is 0. The lowest BCUT2D eigenvalue weighted by Crippen LogP contribution is -2.19. The summed E-state index contributed by atoms with van der Waals surface area (Å²) in [7, 11) is 0. The van der Waals surface area contributed by atoms with Gasteiger partial charge in [-0.05, 0) is 48.8 Å². The Morgan fingerprint density at radius 3 is 1.75 bits per heavy atom. The molecule has 2 heterocycles. The average Bonchev–Trinajstić information content (AvgIpc) is 2.88. The summed E-state index contributed by atoms with van der Waals surface area (Å²) in [4.78, 5) is 2.94. The van der Waals surface area contributed by atoms with E-state index in [4.69, 9.17) is 0 Å². The maximum Gasteiger partial charge on any atom is 0.00578 e. The summed E-state index contributed by atoms with van der Waals surface area (Å²) >= 11 is 3.68. The SMILES string of the molecule is Cl.c1csc(CCNCCc2cccs2)c1. The van der Waals surface area contributed by atoms with Crippen molar-refractivity contribution in [2.45, 2.75) is 12.8 Å². The van der Waals surface area contributed by atoms with Gasteiger partial charge in [-0.3, -0.25) is 0 Å². The molecule has 0 aliphatic carbocycles. The molecule has 0 spiro atoms. The Balaban J connectivity index is 0.00000128. The first-order valence-electron chi connectivity index (χ1n) is 5.20. The summed E-state index contributed by atoms with van der Waals surface area (Å²) in [6.07, 6.45) is 2.31. The predicted octanol–water partition coefficient (Wildman–Crippen LogP) is 3.61. The molecule has 0 bridgehead atoms. The van der Waals surface area contributed by atoms with Gasteiger partial charge in [-0.15, -0.1) is 35.1 Å². The Hall–Kier alpha value is -0.350. The third-order valence-corrected chi connectivity index (χ3v) is 4.13. The van der Waals surface area contributed by atoms with Crippen molar-refractivity contribution in [1.29, 1.82) is 0 Å². The fourth-order valence-electron chi connectivity index (χ4n) is 1.46. The van der Waals surface area contributed by atoms with E-state index >= 15 is 0 Å². The number of thiophene rings is 2. The highest BCUT2D eigenvalue weighted by Crippen LogP contribution is 2.09. The van der Waals surface area contributed by atoms with Gasteiger partial charge in [0.2, 0.25) is 0 Å². The lowest BCUT2D eigenvalue weighted by molar-refractivity contribution is 0.688. The van der Waals surface area contributed by atoms with E-state index in [-0.39, 0.29) is 12.4 Å². The van der Waals surface area contributed by atoms with Gasteiger partial charge < -0.3 is 5.32 Å². The fourth-order valence-corrected chi connectivity index (χ4v) is 2.88. The summed E-state index contributed by atoms with van der Waals surface area (Å²) in [6, 6.07) is 8.63. The Kier molecular flexibility index (Phi) is 6.73. The van der Waals surface area contributed by atoms with Gasteiger partial charge in [0.1, 0.15) is 0 Å². The molecule has 1 nitrogen and oxygen atoms in total. The van der Waals surface area contributed by atoms with Crippen LogP contribution in [0.3, 0.4) is 0 Å². The van der Waals surface area contributed by atoms with Crippen LogP contribution in [0, 0.1) is 0 Å². The first kappa shape index (κ1) is 13.7. The standard InChI is InChI=1S/C12H15NS2.ClH/c1-3-11(14-9-1)5-7-13-8-6-12-4-2-10-15-12;/h1-4,9-10,13H,5-8H2;1H. The molecule has 0 aliphatic heterocycles. The van der Waals surface area contributed by atoms with E-state index in [0.717, 1.165) is 25.9 Å². The molecule has 0 radical (unpaired) electrons. The van der Waals surface area contributed by atoms with Gasteiger partial charge in [0.15, 0.2) is 0 Å². The van der Waals surface area contributed by atoms with Gasteiger partial charge in [-0.25, -0.2) is 0 Å². The van der Waals surface area contributed by atoms with Gasteiger partial charge in [0.25, 0.3) is 0 Å². The zero-order valence-corrected chi connectivity index (χ0v) is 11.5. The second kappa shape index (κ2) is 7.85. The van der Waals surface area contributed by atoms with E-state index in [2.05, 4.69) is 40.3 Å². The van der Waals surface area contributed by atoms with Crippen LogP contribution in [0.4, 0.5) is 0 Å². The first-order chi connectivity index (χ1) is 7.45. The van der Waals surface area contributed by atoms with Gasteiger partial charge in [-0.1, -0.05) is 12.1 Å². The second-order valence-electron chi connectivity index (χ2n) is 3.41. The van der Waals surface area contributed by atoms with E-state index < -0.39 is 0 Å². The van der Waals surface area contributed by atoms with Crippen molar-refractivity contribution in [3.8, 4) is 0 Å². The Labute approximate surface area is 111 Å². The zero-order valence-electron chi connectivity index (χ0n) is 9.02. The van der Waals surface area contributed by atoms with Crippen molar-refractivity contribution in [1.82, 2.24) is 5.32 Å². The monoisotopic (exact) mass is 273 g/mol. The summed E-state index contributed by atoms with van der Waals surface area (Å²) < 4.78 is 0. The van der Waals surface area contributed by atoms with Crippen LogP contribution in [-0.2, 0) is 12.8 Å². The fraction of sp³-hybridized carbons (Fsp3) is 0.333. The lowest BCUT2D eigenvalue weighted by Gasteiger charge is -2.01. The van der Waals surface area contributed by atoms with Gasteiger partial charge in [-0.2, -0.15) is 0 Å². The van der Waals surface area contributed by atoms with Crippen molar-refractivity contribution in [2.75, 3.05) is 13.1 Å². The quantitative estimate of drug-likeness (QED) is 0.793. The predicted molar refractivity (Wildman–Crippen MR) is 76.2 cm³/mol. The highest BCUT2D eigenvalue weighted by molar-refractivity contribution is 7.10. The van der Waals surface area contributed by atoms with E-state index in [1.54, 1.807) is 0 Å². The second-order valence-corrected chi connectivity index (χ2v) is 5.47. The molecule has 0 atom stereocenters. The Bertz CT molecular complexity index is 320. The molecule has 2 aromatic heterocycles. The molecule has 0 saturated heterocycles. The molecule has 0 fully saturated rings. The Morgan fingerprint density at radius 2 is 1.38 bits per heavy atom. The van der Waals surface area contributed by atoms with E-state index in [9.17, 15) is 0 Å². The van der Waals surface area contributed by atoms with Crippen LogP contribution < -0.4 is 5.32 Å². The zero-order chi connectivity index (χ0) is 10.3. The summed E-state index contributed by atoms with van der Waals surface area (Å²) in [5, 5.41) is 7.76. The minimum Gasteiger partial charge on any atom is -0.316 e. The number of rotatable bonds is 6. The van der Waals surface area contributed by atoms with Crippen LogP contribution in [0.2, 0.25) is 0 Å². The van der Waals surface area contributed by atoms with Crippen LogP contribution >= 0.6 is 35.1 Å². The number of nitrogens with one attached hydrogen (secondary N) is 1. The van der Waals surface area contributed by atoms with Gasteiger partial charge in [0.05, 0.1) is 0 Å². The average molecular weight is 274 g/mol. The highest BCUT2D eigenvalue weighted by atomic mass is 35.5. The molecule has 0 unspecified atom stereocenters. The summed E-state index contributed by atoms with van der Waals surface area (Å²) in [6.45, 7) is 2.18. The maximum atomic E-state index is 3.48. The molecule has 0 aromatic carbocycles. The molecule has 0 aliphatic rings. The van der Waals surface area contributed by atoms with Crippen molar-refractivity contribution in [2.24, 2.45) is 0 Å². The number of hydrogen-bond donors (Lipinski definition) is 1. The van der Waals surface area contributed by atoms with Crippen LogP contribution in [0.25, 0.3) is 0 Å². The smallest absolute Gasteiger partial charge is 0.00578 e. The highest BCUT2D eigenvalue weighted by Gasteiger charge is 1.95. The van der Waals surface area contributed by atoms with Crippen molar-refractivity contribution in [3.05, 3.63) is 44.8 Å². The third kappa shape index (κ3) is 4.66. The van der Waals surface area contributed by atoms with Crippen molar-refractivity contribution < 1.29 is 0 Å². The van der Waals surface area contributed by atoms with Gasteiger partial charge >= 0.3 is 0 Å². The lowest BCUT2D eigenvalue weighted by atomic mass is 10.3. The molecular weight excluding hydrogens is 258 g/mol. The number of hydrogen-bond acceptors (Lipinski definition) is 3. The van der Waals surface area contributed by atoms with Crippen LogP contribution in [0.1, 0.15) is 9.75 Å². The van der Waals surface area contributed by atoms with Crippen LogP contribution in [0.5, 0.6) is 0 Å². The first-order valence-corrected chi connectivity index (χ1v) is 6.96. The summed E-state index contributed by atoms with van der Waals surface area (Å²) in [5.74, 6) is 0. The molecule has 2 rings (SSSR count).